The minimum absolute atomic E-state index is 0.502. The van der Waals surface area contributed by atoms with Gasteiger partial charge >= 0.3 is 0 Å². The molecule has 3 nitrogen and oxygen atoms in total. The van der Waals surface area contributed by atoms with Crippen molar-refractivity contribution in [3.63, 3.8) is 0 Å². The smallest absolute Gasteiger partial charge is 0.0951 e. The topological polar surface area (TPSA) is 42.1 Å². The van der Waals surface area contributed by atoms with Crippen LogP contribution < -0.4 is 10.6 Å². The van der Waals surface area contributed by atoms with Gasteiger partial charge in [0.2, 0.25) is 0 Å². The highest BCUT2D eigenvalue weighted by molar-refractivity contribution is 5.98. The second-order valence-corrected chi connectivity index (χ2v) is 4.44. The third kappa shape index (κ3) is 2.05. The predicted molar refractivity (Wildman–Crippen MR) is 74.3 cm³/mol. The fourth-order valence-electron chi connectivity index (χ4n) is 2.00. The third-order valence-corrected chi connectivity index (χ3v) is 3.41. The molecular weight excluding hydrogens is 210 g/mol. The van der Waals surface area contributed by atoms with Crippen LogP contribution in [-0.2, 0) is 0 Å². The maximum absolute atomic E-state index is 5.95. The summed E-state index contributed by atoms with van der Waals surface area (Å²) in [6.45, 7) is 4.41. The van der Waals surface area contributed by atoms with Crippen molar-refractivity contribution in [3.05, 3.63) is 30.5 Å². The Kier molecular flexibility index (Phi) is 3.18. The molecule has 2 N–H and O–H groups in total. The minimum atomic E-state index is 0.502. The number of nitrogen functional groups attached to an aromatic ring is 1. The highest BCUT2D eigenvalue weighted by Gasteiger charge is 2.12. The highest BCUT2D eigenvalue weighted by Crippen LogP contribution is 2.29. The van der Waals surface area contributed by atoms with Gasteiger partial charge in [-0.15, -0.1) is 0 Å². The van der Waals surface area contributed by atoms with Crippen molar-refractivity contribution < 1.29 is 0 Å². The molecule has 3 heteroatoms. The van der Waals surface area contributed by atoms with Crippen LogP contribution in [0.1, 0.15) is 20.3 Å². The molecule has 0 fully saturated rings. The summed E-state index contributed by atoms with van der Waals surface area (Å²) in [5.41, 5.74) is 8.77. The molecule has 0 bridgehead atoms. The van der Waals surface area contributed by atoms with E-state index in [1.54, 1.807) is 6.20 Å². The molecule has 1 atom stereocenters. The monoisotopic (exact) mass is 229 g/mol. The zero-order valence-corrected chi connectivity index (χ0v) is 10.6. The zero-order valence-electron chi connectivity index (χ0n) is 10.6. The van der Waals surface area contributed by atoms with Crippen LogP contribution in [0.4, 0.5) is 11.4 Å². The molecule has 1 aromatic carbocycles. The molecule has 2 aromatic rings. The van der Waals surface area contributed by atoms with E-state index in [-0.39, 0.29) is 0 Å². The molecule has 0 saturated carbocycles. The molecule has 1 aromatic heterocycles. The molecule has 1 unspecified atom stereocenters. The molecular formula is C14H19N3. The molecule has 0 amide bonds. The molecule has 0 saturated heterocycles. The molecule has 0 aliphatic heterocycles. The SMILES string of the molecule is CCC(C)N(C)c1ccc(N)c2ncccc12. The number of pyridine rings is 1. The first kappa shape index (κ1) is 11.7. The van der Waals surface area contributed by atoms with Crippen molar-refractivity contribution in [2.24, 2.45) is 0 Å². The minimum Gasteiger partial charge on any atom is -0.397 e. The standard InChI is InChI=1S/C14H19N3/c1-4-10(2)17(3)13-8-7-12(15)14-11(13)6-5-9-16-14/h5-10H,4,15H2,1-3H3. The van der Waals surface area contributed by atoms with E-state index in [2.05, 4.69) is 42.9 Å². The van der Waals surface area contributed by atoms with Gasteiger partial charge < -0.3 is 10.6 Å². The molecule has 90 valence electrons. The number of hydrogen-bond acceptors (Lipinski definition) is 3. The summed E-state index contributed by atoms with van der Waals surface area (Å²) in [7, 11) is 2.12. The first-order valence-electron chi connectivity index (χ1n) is 6.01. The Bertz CT molecular complexity index is 522. The summed E-state index contributed by atoms with van der Waals surface area (Å²) >= 11 is 0. The Balaban J connectivity index is 2.59. The van der Waals surface area contributed by atoms with Crippen LogP contribution >= 0.6 is 0 Å². The number of benzene rings is 1. The maximum Gasteiger partial charge on any atom is 0.0951 e. The van der Waals surface area contributed by atoms with Crippen LogP contribution in [0.15, 0.2) is 30.5 Å². The first-order valence-corrected chi connectivity index (χ1v) is 6.01. The van der Waals surface area contributed by atoms with Crippen molar-refractivity contribution in [1.82, 2.24) is 4.98 Å². The Hall–Kier alpha value is -1.77. The lowest BCUT2D eigenvalue weighted by molar-refractivity contribution is 0.665. The number of aromatic nitrogens is 1. The molecule has 0 spiro atoms. The van der Waals surface area contributed by atoms with Gasteiger partial charge in [-0.3, -0.25) is 4.98 Å². The van der Waals surface area contributed by atoms with Crippen LogP contribution in [0.25, 0.3) is 10.9 Å². The lowest BCUT2D eigenvalue weighted by atomic mass is 10.1. The Morgan fingerprint density at radius 2 is 2.12 bits per heavy atom. The second-order valence-electron chi connectivity index (χ2n) is 4.44. The van der Waals surface area contributed by atoms with Crippen molar-refractivity contribution in [3.8, 4) is 0 Å². The lowest BCUT2D eigenvalue weighted by Gasteiger charge is -2.27. The number of hydrogen-bond donors (Lipinski definition) is 1. The molecule has 0 radical (unpaired) electrons. The Morgan fingerprint density at radius 1 is 1.35 bits per heavy atom. The van der Waals surface area contributed by atoms with Gasteiger partial charge in [0.25, 0.3) is 0 Å². The number of anilines is 2. The number of rotatable bonds is 3. The Morgan fingerprint density at radius 3 is 2.82 bits per heavy atom. The van der Waals surface area contributed by atoms with Gasteiger partial charge in [-0.25, -0.2) is 0 Å². The fourth-order valence-corrected chi connectivity index (χ4v) is 2.00. The van der Waals surface area contributed by atoms with Gasteiger partial charge in [0.15, 0.2) is 0 Å². The van der Waals surface area contributed by atoms with Crippen molar-refractivity contribution in [2.75, 3.05) is 17.7 Å². The van der Waals surface area contributed by atoms with E-state index in [1.807, 2.05) is 12.1 Å². The van der Waals surface area contributed by atoms with Crippen LogP contribution in [0.5, 0.6) is 0 Å². The Labute approximate surface area is 102 Å². The number of fused-ring (bicyclic) bond motifs is 1. The van der Waals surface area contributed by atoms with E-state index in [1.165, 1.54) is 5.69 Å². The van der Waals surface area contributed by atoms with Crippen molar-refractivity contribution >= 4 is 22.3 Å². The maximum atomic E-state index is 5.95. The summed E-state index contributed by atoms with van der Waals surface area (Å²) in [5.74, 6) is 0. The highest BCUT2D eigenvalue weighted by atomic mass is 15.1. The molecule has 2 rings (SSSR count). The van der Waals surface area contributed by atoms with Crippen LogP contribution in [0, 0.1) is 0 Å². The quantitative estimate of drug-likeness (QED) is 0.822. The van der Waals surface area contributed by atoms with E-state index in [0.717, 1.165) is 23.0 Å². The van der Waals surface area contributed by atoms with Gasteiger partial charge in [-0.1, -0.05) is 6.92 Å². The lowest BCUT2D eigenvalue weighted by Crippen LogP contribution is -2.28. The van der Waals surface area contributed by atoms with Crippen molar-refractivity contribution in [2.45, 2.75) is 26.3 Å². The van der Waals surface area contributed by atoms with Gasteiger partial charge in [-0.05, 0) is 37.6 Å². The number of nitrogens with two attached hydrogens (primary N) is 1. The predicted octanol–water partition coefficient (Wildman–Crippen LogP) is 3.05. The molecule has 17 heavy (non-hydrogen) atoms. The van der Waals surface area contributed by atoms with Gasteiger partial charge in [-0.2, -0.15) is 0 Å². The summed E-state index contributed by atoms with van der Waals surface area (Å²) in [4.78, 5) is 6.64. The van der Waals surface area contributed by atoms with E-state index < -0.39 is 0 Å². The summed E-state index contributed by atoms with van der Waals surface area (Å²) in [6, 6.07) is 8.54. The van der Waals surface area contributed by atoms with Gasteiger partial charge in [0.05, 0.1) is 11.2 Å². The summed E-state index contributed by atoms with van der Waals surface area (Å²) < 4.78 is 0. The third-order valence-electron chi connectivity index (χ3n) is 3.41. The molecule has 0 aliphatic rings. The van der Waals surface area contributed by atoms with E-state index in [4.69, 9.17) is 5.73 Å². The average molecular weight is 229 g/mol. The first-order chi connectivity index (χ1) is 8.15. The van der Waals surface area contributed by atoms with Crippen molar-refractivity contribution in [1.29, 1.82) is 0 Å². The van der Waals surface area contributed by atoms with Crippen LogP contribution in [0.2, 0.25) is 0 Å². The van der Waals surface area contributed by atoms with Crippen LogP contribution in [0.3, 0.4) is 0 Å². The average Bonchev–Trinajstić information content (AvgIpc) is 2.38. The van der Waals surface area contributed by atoms with Crippen LogP contribution in [-0.4, -0.2) is 18.1 Å². The van der Waals surface area contributed by atoms with E-state index in [9.17, 15) is 0 Å². The molecule has 1 heterocycles. The van der Waals surface area contributed by atoms with Gasteiger partial charge in [0, 0.05) is 30.4 Å². The summed E-state index contributed by atoms with van der Waals surface area (Å²) in [6.07, 6.45) is 2.90. The number of nitrogens with zero attached hydrogens (tertiary/aromatic N) is 2. The largest absolute Gasteiger partial charge is 0.397 e. The second kappa shape index (κ2) is 4.62. The molecule has 0 aliphatic carbocycles. The van der Waals surface area contributed by atoms with E-state index >= 15 is 0 Å². The summed E-state index contributed by atoms with van der Waals surface area (Å²) in [5, 5.41) is 1.12. The normalized spacial score (nSPS) is 12.6. The van der Waals surface area contributed by atoms with E-state index in [0.29, 0.717) is 6.04 Å². The van der Waals surface area contributed by atoms with Gasteiger partial charge in [0.1, 0.15) is 0 Å². The zero-order chi connectivity index (χ0) is 12.4. The fraction of sp³-hybridized carbons (Fsp3) is 0.357.